The van der Waals surface area contributed by atoms with Crippen LogP contribution in [0.15, 0.2) is 42.0 Å². The fraction of sp³-hybridized carbons (Fsp3) is 0.579. The molecule has 0 radical (unpaired) electrons. The van der Waals surface area contributed by atoms with Crippen molar-refractivity contribution in [2.24, 2.45) is 0 Å². The van der Waals surface area contributed by atoms with E-state index in [0.29, 0.717) is 6.04 Å². The van der Waals surface area contributed by atoms with Gasteiger partial charge in [-0.15, -0.1) is 0 Å². The Hall–Kier alpha value is -1.12. The normalized spacial score (nSPS) is 26.0. The molecule has 2 nitrogen and oxygen atoms in total. The Balaban J connectivity index is 1.69. The Labute approximate surface area is 129 Å². The monoisotopic (exact) mass is 284 g/mol. The average molecular weight is 284 g/mol. The molecule has 2 aliphatic rings. The summed E-state index contributed by atoms with van der Waals surface area (Å²) in [5.74, 6) is 0. The lowest BCUT2D eigenvalue weighted by Crippen LogP contribution is -2.48. The number of benzene rings is 1. The molecule has 2 aliphatic heterocycles. The van der Waals surface area contributed by atoms with Gasteiger partial charge in [-0.3, -0.25) is 4.90 Å². The van der Waals surface area contributed by atoms with Crippen LogP contribution in [-0.4, -0.2) is 42.5 Å². The van der Waals surface area contributed by atoms with Crippen molar-refractivity contribution in [2.75, 3.05) is 20.6 Å². The van der Waals surface area contributed by atoms with E-state index in [4.69, 9.17) is 0 Å². The van der Waals surface area contributed by atoms with Gasteiger partial charge in [-0.2, -0.15) is 0 Å². The van der Waals surface area contributed by atoms with Crippen molar-refractivity contribution in [1.29, 1.82) is 0 Å². The molecular weight excluding hydrogens is 256 g/mol. The quantitative estimate of drug-likeness (QED) is 0.761. The van der Waals surface area contributed by atoms with Crippen LogP contribution in [0.25, 0.3) is 0 Å². The van der Waals surface area contributed by atoms with Crippen LogP contribution in [0.5, 0.6) is 0 Å². The van der Waals surface area contributed by atoms with E-state index in [1.54, 1.807) is 5.57 Å². The molecule has 3 rings (SSSR count). The van der Waals surface area contributed by atoms with Gasteiger partial charge < -0.3 is 4.90 Å². The second-order valence-electron chi connectivity index (χ2n) is 6.89. The maximum Gasteiger partial charge on any atom is 0.0287 e. The molecule has 1 saturated heterocycles. The van der Waals surface area contributed by atoms with Gasteiger partial charge in [0.1, 0.15) is 0 Å². The highest BCUT2D eigenvalue weighted by molar-refractivity contribution is 5.20. The first-order chi connectivity index (χ1) is 10.2. The molecule has 2 atom stereocenters. The van der Waals surface area contributed by atoms with Gasteiger partial charge in [-0.25, -0.2) is 0 Å². The predicted molar refractivity (Wildman–Crippen MR) is 89.3 cm³/mol. The van der Waals surface area contributed by atoms with Gasteiger partial charge in [-0.05, 0) is 45.3 Å². The molecule has 2 heteroatoms. The summed E-state index contributed by atoms with van der Waals surface area (Å²) in [4.78, 5) is 5.05. The number of hydrogen-bond donors (Lipinski definition) is 0. The summed E-state index contributed by atoms with van der Waals surface area (Å²) in [6.07, 6.45) is 9.24. The molecule has 2 unspecified atom stereocenters. The molecule has 1 aromatic carbocycles. The number of fused-ring (bicyclic) bond motifs is 2. The lowest BCUT2D eigenvalue weighted by Gasteiger charge is -2.45. The Bertz CT molecular complexity index is 478. The third kappa shape index (κ3) is 3.75. The van der Waals surface area contributed by atoms with E-state index < -0.39 is 0 Å². The minimum absolute atomic E-state index is 0.676. The Kier molecular flexibility index (Phi) is 4.77. The molecule has 0 saturated carbocycles. The van der Waals surface area contributed by atoms with Gasteiger partial charge in [0.15, 0.2) is 0 Å². The summed E-state index contributed by atoms with van der Waals surface area (Å²) in [7, 11) is 4.35. The first-order valence-corrected chi connectivity index (χ1v) is 8.36. The summed E-state index contributed by atoms with van der Waals surface area (Å²) in [6, 6.07) is 12.4. The van der Waals surface area contributed by atoms with E-state index in [2.05, 4.69) is 60.3 Å². The van der Waals surface area contributed by atoms with Gasteiger partial charge in [0, 0.05) is 25.2 Å². The van der Waals surface area contributed by atoms with E-state index in [-0.39, 0.29) is 0 Å². The van der Waals surface area contributed by atoms with Gasteiger partial charge in [0.25, 0.3) is 0 Å². The largest absolute Gasteiger partial charge is 0.309 e. The molecule has 0 spiro atoms. The number of nitrogens with zero attached hydrogens (tertiary/aromatic N) is 2. The van der Waals surface area contributed by atoms with Gasteiger partial charge in [0.2, 0.25) is 0 Å². The van der Waals surface area contributed by atoms with Crippen molar-refractivity contribution in [3.05, 3.63) is 47.5 Å². The molecule has 2 bridgehead atoms. The number of hydrogen-bond acceptors (Lipinski definition) is 2. The molecule has 1 fully saturated rings. The highest BCUT2D eigenvalue weighted by Gasteiger charge is 2.33. The summed E-state index contributed by atoms with van der Waals surface area (Å²) in [5, 5.41) is 0. The molecule has 0 aliphatic carbocycles. The molecule has 0 amide bonds. The second kappa shape index (κ2) is 6.76. The SMILES string of the molecule is CN(C)CCC1=CC2CCCC(C1)N2Cc1ccccc1. The molecule has 21 heavy (non-hydrogen) atoms. The van der Waals surface area contributed by atoms with Crippen molar-refractivity contribution in [3.63, 3.8) is 0 Å². The maximum atomic E-state index is 2.75. The van der Waals surface area contributed by atoms with E-state index in [1.807, 2.05) is 0 Å². The highest BCUT2D eigenvalue weighted by Crippen LogP contribution is 2.35. The van der Waals surface area contributed by atoms with Crippen LogP contribution in [0, 0.1) is 0 Å². The smallest absolute Gasteiger partial charge is 0.0287 e. The topological polar surface area (TPSA) is 6.48 Å². The average Bonchev–Trinajstić information content (AvgIpc) is 2.46. The summed E-state index contributed by atoms with van der Waals surface area (Å²) in [6.45, 7) is 2.30. The fourth-order valence-corrected chi connectivity index (χ4v) is 3.80. The van der Waals surface area contributed by atoms with E-state index in [1.165, 1.54) is 44.2 Å². The third-order valence-corrected chi connectivity index (χ3v) is 4.95. The lowest BCUT2D eigenvalue weighted by molar-refractivity contribution is 0.0873. The van der Waals surface area contributed by atoms with Gasteiger partial charge in [-0.1, -0.05) is 48.4 Å². The van der Waals surface area contributed by atoms with Crippen molar-refractivity contribution in [3.8, 4) is 0 Å². The minimum atomic E-state index is 0.676. The summed E-state index contributed by atoms with van der Waals surface area (Å²) >= 11 is 0. The second-order valence-corrected chi connectivity index (χ2v) is 6.89. The first-order valence-electron chi connectivity index (χ1n) is 8.36. The zero-order valence-electron chi connectivity index (χ0n) is 13.5. The Morgan fingerprint density at radius 1 is 1.14 bits per heavy atom. The third-order valence-electron chi connectivity index (χ3n) is 4.95. The minimum Gasteiger partial charge on any atom is -0.309 e. The maximum absolute atomic E-state index is 2.75. The molecular formula is C19H28N2. The number of rotatable bonds is 5. The summed E-state index contributed by atoms with van der Waals surface area (Å²) in [5.41, 5.74) is 3.15. The van der Waals surface area contributed by atoms with Crippen molar-refractivity contribution < 1.29 is 0 Å². The molecule has 1 aromatic rings. The van der Waals surface area contributed by atoms with Crippen LogP contribution in [0.1, 0.15) is 37.7 Å². The fourth-order valence-electron chi connectivity index (χ4n) is 3.80. The predicted octanol–water partition coefficient (Wildman–Crippen LogP) is 3.69. The van der Waals surface area contributed by atoms with Crippen LogP contribution in [0.4, 0.5) is 0 Å². The van der Waals surface area contributed by atoms with Crippen LogP contribution in [-0.2, 0) is 6.54 Å². The first kappa shape index (κ1) is 14.8. The van der Waals surface area contributed by atoms with Crippen LogP contribution in [0.3, 0.4) is 0 Å². The zero-order valence-corrected chi connectivity index (χ0v) is 13.5. The highest BCUT2D eigenvalue weighted by atomic mass is 15.2. The zero-order chi connectivity index (χ0) is 14.7. The molecule has 0 aromatic heterocycles. The van der Waals surface area contributed by atoms with Crippen molar-refractivity contribution in [1.82, 2.24) is 9.80 Å². The Morgan fingerprint density at radius 3 is 2.67 bits per heavy atom. The van der Waals surface area contributed by atoms with Gasteiger partial charge in [0.05, 0.1) is 0 Å². The summed E-state index contributed by atoms with van der Waals surface area (Å²) < 4.78 is 0. The number of piperidine rings is 1. The van der Waals surface area contributed by atoms with E-state index >= 15 is 0 Å². The molecule has 114 valence electrons. The molecule has 2 heterocycles. The van der Waals surface area contributed by atoms with Crippen LogP contribution >= 0.6 is 0 Å². The molecule has 0 N–H and O–H groups in total. The van der Waals surface area contributed by atoms with Crippen LogP contribution in [0.2, 0.25) is 0 Å². The lowest BCUT2D eigenvalue weighted by atomic mass is 9.83. The van der Waals surface area contributed by atoms with Crippen molar-refractivity contribution in [2.45, 2.75) is 50.7 Å². The van der Waals surface area contributed by atoms with Crippen LogP contribution < -0.4 is 0 Å². The standard InChI is InChI=1S/C19H28N2/c1-20(2)12-11-17-13-18-9-6-10-19(14-17)21(18)15-16-7-4-3-5-8-16/h3-5,7-8,13,18-19H,6,9-12,14-15H2,1-2H3. The van der Waals surface area contributed by atoms with Gasteiger partial charge >= 0.3 is 0 Å². The van der Waals surface area contributed by atoms with E-state index in [0.717, 1.165) is 12.6 Å². The van der Waals surface area contributed by atoms with E-state index in [9.17, 15) is 0 Å². The van der Waals surface area contributed by atoms with Crippen molar-refractivity contribution >= 4 is 0 Å². The Morgan fingerprint density at radius 2 is 1.95 bits per heavy atom.